The van der Waals surface area contributed by atoms with Gasteiger partial charge in [-0.15, -0.1) is 0 Å². The molecule has 1 aromatic heterocycles. The van der Waals surface area contributed by atoms with Crippen LogP contribution < -0.4 is 10.6 Å². The van der Waals surface area contributed by atoms with E-state index in [1.165, 1.54) is 25.7 Å². The van der Waals surface area contributed by atoms with Gasteiger partial charge in [0.2, 0.25) is 0 Å². The molecule has 0 saturated heterocycles. The highest BCUT2D eigenvalue weighted by Crippen LogP contribution is 2.35. The molecule has 1 aliphatic carbocycles. The molecule has 0 aromatic carbocycles. The summed E-state index contributed by atoms with van der Waals surface area (Å²) in [7, 11) is 0. The Balaban J connectivity index is 2.17. The Labute approximate surface area is 105 Å². The highest BCUT2D eigenvalue weighted by molar-refractivity contribution is 9.10. The van der Waals surface area contributed by atoms with Crippen LogP contribution in [0.4, 0.5) is 11.5 Å². The first kappa shape index (κ1) is 11.7. The van der Waals surface area contributed by atoms with Gasteiger partial charge in [0.15, 0.2) is 0 Å². The molecule has 3 nitrogen and oxygen atoms in total. The first-order valence-corrected chi connectivity index (χ1v) is 6.69. The molecule has 0 aliphatic heterocycles. The normalized spacial score (nSPS) is 15.1. The third kappa shape index (κ3) is 2.67. The standard InChI is InChI=1S/C12H18BrN3/c1-2-3-6-16(10-4-5-10)12-11(13)7-9(14)8-15-12/h7-8,10H,2-6,14H2,1H3. The number of nitrogen functional groups attached to an aromatic ring is 1. The molecular weight excluding hydrogens is 266 g/mol. The topological polar surface area (TPSA) is 42.2 Å². The number of aromatic nitrogens is 1. The quantitative estimate of drug-likeness (QED) is 0.902. The smallest absolute Gasteiger partial charge is 0.143 e. The molecule has 1 heterocycles. The van der Waals surface area contributed by atoms with Gasteiger partial charge in [0.05, 0.1) is 16.4 Å². The van der Waals surface area contributed by atoms with E-state index in [9.17, 15) is 0 Å². The molecule has 1 aromatic rings. The lowest BCUT2D eigenvalue weighted by atomic mass is 10.3. The van der Waals surface area contributed by atoms with Crippen molar-refractivity contribution in [2.24, 2.45) is 0 Å². The fourth-order valence-corrected chi connectivity index (χ4v) is 2.43. The third-order valence-corrected chi connectivity index (χ3v) is 3.44. The van der Waals surface area contributed by atoms with Crippen LogP contribution in [-0.4, -0.2) is 17.6 Å². The number of hydrogen-bond donors (Lipinski definition) is 1. The van der Waals surface area contributed by atoms with Crippen molar-refractivity contribution in [3.05, 3.63) is 16.7 Å². The third-order valence-electron chi connectivity index (χ3n) is 2.86. The summed E-state index contributed by atoms with van der Waals surface area (Å²) in [5.41, 5.74) is 6.42. The van der Waals surface area contributed by atoms with Crippen molar-refractivity contribution in [2.45, 2.75) is 38.6 Å². The fraction of sp³-hybridized carbons (Fsp3) is 0.583. The minimum Gasteiger partial charge on any atom is -0.397 e. The molecule has 2 N–H and O–H groups in total. The van der Waals surface area contributed by atoms with Gasteiger partial charge in [-0.1, -0.05) is 13.3 Å². The van der Waals surface area contributed by atoms with Crippen LogP contribution in [0.5, 0.6) is 0 Å². The Morgan fingerprint density at radius 1 is 1.56 bits per heavy atom. The average molecular weight is 284 g/mol. The van der Waals surface area contributed by atoms with Gasteiger partial charge in [-0.3, -0.25) is 0 Å². The summed E-state index contributed by atoms with van der Waals surface area (Å²) in [5, 5.41) is 0. The van der Waals surface area contributed by atoms with E-state index in [0.29, 0.717) is 11.7 Å². The largest absolute Gasteiger partial charge is 0.397 e. The molecule has 1 fully saturated rings. The molecular formula is C12H18BrN3. The number of nitrogens with zero attached hydrogens (tertiary/aromatic N) is 2. The first-order valence-electron chi connectivity index (χ1n) is 5.90. The van der Waals surface area contributed by atoms with E-state index in [1.807, 2.05) is 6.07 Å². The molecule has 0 atom stereocenters. The van der Waals surface area contributed by atoms with E-state index in [-0.39, 0.29) is 0 Å². The van der Waals surface area contributed by atoms with Gasteiger partial charge >= 0.3 is 0 Å². The predicted molar refractivity (Wildman–Crippen MR) is 71.6 cm³/mol. The maximum absolute atomic E-state index is 5.71. The zero-order chi connectivity index (χ0) is 11.5. The first-order chi connectivity index (χ1) is 7.72. The summed E-state index contributed by atoms with van der Waals surface area (Å²) >= 11 is 3.55. The van der Waals surface area contributed by atoms with Crippen LogP contribution in [0.25, 0.3) is 0 Å². The van der Waals surface area contributed by atoms with Crippen molar-refractivity contribution in [2.75, 3.05) is 17.2 Å². The summed E-state index contributed by atoms with van der Waals surface area (Å²) in [5.74, 6) is 1.05. The molecule has 0 spiro atoms. The SMILES string of the molecule is CCCCN(c1ncc(N)cc1Br)C1CC1. The minimum atomic E-state index is 0.693. The van der Waals surface area contributed by atoms with Gasteiger partial charge in [-0.2, -0.15) is 0 Å². The molecule has 16 heavy (non-hydrogen) atoms. The molecule has 1 aliphatic rings. The Hall–Kier alpha value is -0.770. The summed E-state index contributed by atoms with van der Waals surface area (Å²) < 4.78 is 1.01. The second-order valence-corrected chi connectivity index (χ2v) is 5.21. The van der Waals surface area contributed by atoms with Gasteiger partial charge in [0, 0.05) is 12.6 Å². The van der Waals surface area contributed by atoms with Crippen molar-refractivity contribution >= 4 is 27.4 Å². The Bertz CT molecular complexity index is 363. The molecule has 1 saturated carbocycles. The van der Waals surface area contributed by atoms with Crippen LogP contribution in [-0.2, 0) is 0 Å². The average Bonchev–Trinajstić information content (AvgIpc) is 3.05. The van der Waals surface area contributed by atoms with Crippen molar-refractivity contribution in [3.63, 3.8) is 0 Å². The lowest BCUT2D eigenvalue weighted by Gasteiger charge is -2.24. The van der Waals surface area contributed by atoms with E-state index in [0.717, 1.165) is 16.8 Å². The highest BCUT2D eigenvalue weighted by atomic mass is 79.9. The van der Waals surface area contributed by atoms with Crippen LogP contribution in [0.2, 0.25) is 0 Å². The monoisotopic (exact) mass is 283 g/mol. The van der Waals surface area contributed by atoms with Crippen LogP contribution in [0.3, 0.4) is 0 Å². The molecule has 0 amide bonds. The van der Waals surface area contributed by atoms with Crippen molar-refractivity contribution < 1.29 is 0 Å². The second kappa shape index (κ2) is 5.04. The van der Waals surface area contributed by atoms with E-state index < -0.39 is 0 Å². The van der Waals surface area contributed by atoms with E-state index in [4.69, 9.17) is 5.73 Å². The van der Waals surface area contributed by atoms with Crippen molar-refractivity contribution in [3.8, 4) is 0 Å². The van der Waals surface area contributed by atoms with Crippen LogP contribution in [0.1, 0.15) is 32.6 Å². The molecule has 0 unspecified atom stereocenters. The van der Waals surface area contributed by atoms with Crippen LogP contribution in [0.15, 0.2) is 16.7 Å². The van der Waals surface area contributed by atoms with Gasteiger partial charge in [-0.25, -0.2) is 4.98 Å². The minimum absolute atomic E-state index is 0.693. The number of rotatable bonds is 5. The molecule has 0 radical (unpaired) electrons. The number of halogens is 1. The van der Waals surface area contributed by atoms with Crippen molar-refractivity contribution in [1.29, 1.82) is 0 Å². The van der Waals surface area contributed by atoms with Crippen LogP contribution in [0, 0.1) is 0 Å². The van der Waals surface area contributed by atoms with E-state index in [1.54, 1.807) is 6.20 Å². The zero-order valence-corrected chi connectivity index (χ0v) is 11.2. The van der Waals surface area contributed by atoms with Gasteiger partial charge < -0.3 is 10.6 Å². The lowest BCUT2D eigenvalue weighted by Crippen LogP contribution is -2.28. The Kier molecular flexibility index (Phi) is 3.69. The molecule has 0 bridgehead atoms. The van der Waals surface area contributed by atoms with Gasteiger partial charge in [0.25, 0.3) is 0 Å². The van der Waals surface area contributed by atoms with E-state index in [2.05, 4.69) is 32.7 Å². The summed E-state index contributed by atoms with van der Waals surface area (Å²) in [6, 6.07) is 2.63. The number of pyridine rings is 1. The Morgan fingerprint density at radius 3 is 2.88 bits per heavy atom. The number of unbranched alkanes of at least 4 members (excludes halogenated alkanes) is 1. The highest BCUT2D eigenvalue weighted by Gasteiger charge is 2.30. The van der Waals surface area contributed by atoms with Gasteiger partial charge in [0.1, 0.15) is 5.82 Å². The maximum atomic E-state index is 5.71. The zero-order valence-electron chi connectivity index (χ0n) is 9.62. The van der Waals surface area contributed by atoms with Crippen molar-refractivity contribution in [1.82, 2.24) is 4.98 Å². The second-order valence-electron chi connectivity index (χ2n) is 4.35. The maximum Gasteiger partial charge on any atom is 0.143 e. The van der Waals surface area contributed by atoms with Crippen LogP contribution >= 0.6 is 15.9 Å². The Morgan fingerprint density at radius 2 is 2.31 bits per heavy atom. The van der Waals surface area contributed by atoms with E-state index >= 15 is 0 Å². The number of hydrogen-bond acceptors (Lipinski definition) is 3. The summed E-state index contributed by atoms with van der Waals surface area (Å²) in [4.78, 5) is 6.86. The molecule has 88 valence electrons. The number of anilines is 2. The summed E-state index contributed by atoms with van der Waals surface area (Å²) in [6.45, 7) is 3.31. The number of nitrogens with two attached hydrogens (primary N) is 1. The molecule has 4 heteroatoms. The lowest BCUT2D eigenvalue weighted by molar-refractivity contribution is 0.703. The predicted octanol–water partition coefficient (Wildman–Crippen LogP) is 3.20. The fourth-order valence-electron chi connectivity index (χ4n) is 1.83. The molecule has 2 rings (SSSR count). The van der Waals surface area contributed by atoms with Gasteiger partial charge in [-0.05, 0) is 41.3 Å². The summed E-state index contributed by atoms with van der Waals surface area (Å²) in [6.07, 6.45) is 6.76.